The van der Waals surface area contributed by atoms with Crippen molar-refractivity contribution in [2.24, 2.45) is 5.92 Å². The van der Waals surface area contributed by atoms with Gasteiger partial charge < -0.3 is 19.1 Å². The molecule has 1 saturated heterocycles. The van der Waals surface area contributed by atoms with Gasteiger partial charge in [-0.1, -0.05) is 32.1 Å². The first kappa shape index (κ1) is 27.6. The number of amides is 1. The zero-order chi connectivity index (χ0) is 27.1. The monoisotopic (exact) mass is 529 g/mol. The molecule has 5 atom stereocenters. The van der Waals surface area contributed by atoms with E-state index in [4.69, 9.17) is 15.2 Å². The lowest BCUT2D eigenvalue weighted by atomic mass is 9.87. The Morgan fingerprint density at radius 2 is 2.03 bits per heavy atom. The molecule has 1 aliphatic heterocycles. The third kappa shape index (κ3) is 7.54. The van der Waals surface area contributed by atoms with E-state index in [2.05, 4.69) is 15.0 Å². The summed E-state index contributed by atoms with van der Waals surface area (Å²) in [4.78, 5) is 27.7. The Morgan fingerprint density at radius 3 is 2.61 bits per heavy atom. The lowest BCUT2D eigenvalue weighted by Gasteiger charge is -2.37. The van der Waals surface area contributed by atoms with E-state index in [9.17, 15) is 9.59 Å². The minimum Gasteiger partial charge on any atom is -0.349 e. The van der Waals surface area contributed by atoms with Gasteiger partial charge in [-0.2, -0.15) is 4.98 Å². The highest BCUT2D eigenvalue weighted by molar-refractivity contribution is 7.44. The van der Waals surface area contributed by atoms with Crippen LogP contribution in [0.4, 0.5) is 10.2 Å². The number of rotatable bonds is 11. The summed E-state index contributed by atoms with van der Waals surface area (Å²) in [6.07, 6.45) is 3.56. The largest absolute Gasteiger partial charge is 0.351 e. The third-order valence-corrected chi connectivity index (χ3v) is 8.71. The van der Waals surface area contributed by atoms with Gasteiger partial charge in [-0.15, -0.1) is 0 Å². The fourth-order valence-corrected chi connectivity index (χ4v) is 6.68. The minimum atomic E-state index is -1.71. The van der Waals surface area contributed by atoms with Crippen LogP contribution in [-0.2, 0) is 18.6 Å². The van der Waals surface area contributed by atoms with Crippen molar-refractivity contribution in [3.05, 3.63) is 22.7 Å². The number of ether oxygens (including phenoxy) is 1. The Hall–Kier alpha value is -1.45. The van der Waals surface area contributed by atoms with E-state index >= 15 is 4.39 Å². The van der Waals surface area contributed by atoms with Gasteiger partial charge in [0.1, 0.15) is 11.9 Å². The SMILES string of the molecule is [2H]CC1OC(n2ccc(NC(C)=O)nc2=O)C(F)C1OP(OCCC1CCCCC1)N(C(C)C)C(C)C. The number of hydrogen-bond acceptors (Lipinski definition) is 7. The summed E-state index contributed by atoms with van der Waals surface area (Å²) in [6.45, 7) is 9.80. The lowest BCUT2D eigenvalue weighted by Crippen LogP contribution is -2.38. The first-order valence-electron chi connectivity index (χ1n) is 13.7. The minimum absolute atomic E-state index is 0.0754. The van der Waals surface area contributed by atoms with Gasteiger partial charge in [-0.3, -0.25) is 9.36 Å². The van der Waals surface area contributed by atoms with Gasteiger partial charge in [0.05, 0.1) is 12.7 Å². The van der Waals surface area contributed by atoms with Gasteiger partial charge in [0.2, 0.25) is 5.91 Å². The van der Waals surface area contributed by atoms with Crippen LogP contribution in [0.3, 0.4) is 0 Å². The molecule has 1 aliphatic carbocycles. The number of aromatic nitrogens is 2. The van der Waals surface area contributed by atoms with Crippen LogP contribution in [0.5, 0.6) is 0 Å². The van der Waals surface area contributed by atoms with Crippen molar-refractivity contribution >= 4 is 20.3 Å². The highest BCUT2D eigenvalue weighted by Gasteiger charge is 2.48. The van der Waals surface area contributed by atoms with E-state index in [1.807, 2.05) is 27.7 Å². The van der Waals surface area contributed by atoms with Crippen LogP contribution in [0.25, 0.3) is 0 Å². The van der Waals surface area contributed by atoms with Gasteiger partial charge in [0.15, 0.2) is 12.4 Å². The topological polar surface area (TPSA) is 94.9 Å². The molecule has 1 N–H and O–H groups in total. The highest BCUT2D eigenvalue weighted by Crippen LogP contribution is 2.50. The smallest absolute Gasteiger partial charge is 0.349 e. The van der Waals surface area contributed by atoms with Gasteiger partial charge in [-0.25, -0.2) is 13.9 Å². The Kier molecular flexibility index (Phi) is 10.2. The molecular weight excluding hydrogens is 486 g/mol. The van der Waals surface area contributed by atoms with Crippen molar-refractivity contribution in [1.29, 1.82) is 0 Å². The summed E-state index contributed by atoms with van der Waals surface area (Å²) in [5.41, 5.74) is -0.764. The predicted molar refractivity (Wildman–Crippen MR) is 138 cm³/mol. The fourth-order valence-electron chi connectivity index (χ4n) is 4.90. The molecule has 2 heterocycles. The van der Waals surface area contributed by atoms with Gasteiger partial charge in [-0.05, 0) is 53.0 Å². The maximum atomic E-state index is 15.9. The second-order valence-corrected chi connectivity index (χ2v) is 11.6. The van der Waals surface area contributed by atoms with Crippen LogP contribution in [0.2, 0.25) is 0 Å². The summed E-state index contributed by atoms with van der Waals surface area (Å²) < 4.78 is 45.4. The highest BCUT2D eigenvalue weighted by atomic mass is 31.2. The molecule has 11 heteroatoms. The quantitative estimate of drug-likeness (QED) is 0.395. The Balaban J connectivity index is 1.76. The van der Waals surface area contributed by atoms with Gasteiger partial charge >= 0.3 is 5.69 Å². The summed E-state index contributed by atoms with van der Waals surface area (Å²) in [5, 5.41) is 2.43. The van der Waals surface area contributed by atoms with Crippen LogP contribution in [0.15, 0.2) is 17.1 Å². The van der Waals surface area contributed by atoms with Crippen LogP contribution in [-0.4, -0.2) is 57.2 Å². The third-order valence-electron chi connectivity index (χ3n) is 6.59. The van der Waals surface area contributed by atoms with Crippen LogP contribution < -0.4 is 11.0 Å². The average Bonchev–Trinajstić information content (AvgIpc) is 3.14. The zero-order valence-corrected chi connectivity index (χ0v) is 23.0. The molecule has 0 spiro atoms. The van der Waals surface area contributed by atoms with Gasteiger partial charge in [0.25, 0.3) is 8.53 Å². The van der Waals surface area contributed by atoms with E-state index in [-0.39, 0.29) is 30.7 Å². The van der Waals surface area contributed by atoms with Crippen LogP contribution in [0.1, 0.15) is 87.6 Å². The molecule has 0 aromatic carbocycles. The number of hydrogen-bond donors (Lipinski definition) is 1. The fraction of sp³-hybridized carbons (Fsp3) is 0.800. The van der Waals surface area contributed by atoms with Crippen molar-refractivity contribution in [3.8, 4) is 0 Å². The Morgan fingerprint density at radius 1 is 1.33 bits per heavy atom. The molecule has 36 heavy (non-hydrogen) atoms. The molecule has 1 aromatic rings. The molecular formula is C25H42FN4O5P. The number of nitrogens with one attached hydrogen (secondary N) is 1. The number of halogens is 1. The summed E-state index contributed by atoms with van der Waals surface area (Å²) >= 11 is 0. The second kappa shape index (κ2) is 13.4. The first-order chi connectivity index (χ1) is 17.6. The molecule has 0 radical (unpaired) electrons. The van der Waals surface area contributed by atoms with E-state index < -0.39 is 38.8 Å². The van der Waals surface area contributed by atoms with E-state index in [0.717, 1.165) is 11.0 Å². The van der Waals surface area contributed by atoms with Crippen LogP contribution in [0, 0.1) is 5.92 Å². The molecule has 5 unspecified atom stereocenters. The van der Waals surface area contributed by atoms with Crippen molar-refractivity contribution < 1.29 is 24.3 Å². The maximum Gasteiger partial charge on any atom is 0.351 e. The molecule has 2 fully saturated rings. The van der Waals surface area contributed by atoms with E-state index in [1.54, 1.807) is 0 Å². The first-order valence-corrected chi connectivity index (χ1v) is 14.1. The summed E-state index contributed by atoms with van der Waals surface area (Å²) in [7, 11) is -1.63. The number of alkyl halides is 1. The van der Waals surface area contributed by atoms with E-state index in [1.165, 1.54) is 51.3 Å². The predicted octanol–water partition coefficient (Wildman–Crippen LogP) is 5.18. The maximum absolute atomic E-state index is 15.9. The molecule has 3 rings (SSSR count). The average molecular weight is 530 g/mol. The summed E-state index contributed by atoms with van der Waals surface area (Å²) in [6, 6.07) is 1.60. The van der Waals surface area contributed by atoms with Crippen molar-refractivity contribution in [2.45, 2.75) is 117 Å². The lowest BCUT2D eigenvalue weighted by molar-refractivity contribution is -0.114. The Bertz CT molecular complexity index is 925. The second-order valence-electron chi connectivity index (χ2n) is 10.2. The van der Waals surface area contributed by atoms with E-state index in [0.29, 0.717) is 12.5 Å². The number of carbonyl (C=O) groups is 1. The van der Waals surface area contributed by atoms with Crippen molar-refractivity contribution in [1.82, 2.24) is 14.2 Å². The Labute approximate surface area is 216 Å². The molecule has 204 valence electrons. The standard InChI is InChI=1S/C25H42FN4O5P/c1-16(2)30(17(3)4)36(33-15-13-20-10-8-7-9-11-20)35-23-18(5)34-24(22(23)26)29-14-12-21(27-19(6)31)28-25(29)32/h12,14,16-18,20,22-24H,7-11,13,15H2,1-6H3,(H,27,28,31,32)/i5D. The zero-order valence-electron chi connectivity index (χ0n) is 23.1. The molecule has 2 aliphatic rings. The normalized spacial score (nSPS) is 26.5. The van der Waals surface area contributed by atoms with Crippen molar-refractivity contribution in [2.75, 3.05) is 11.9 Å². The summed E-state index contributed by atoms with van der Waals surface area (Å²) in [5.74, 6) is 0.349. The van der Waals surface area contributed by atoms with Crippen LogP contribution >= 0.6 is 8.53 Å². The molecule has 1 amide bonds. The number of nitrogens with zero attached hydrogens (tertiary/aromatic N) is 3. The number of carbonyl (C=O) groups excluding carboxylic acids is 1. The molecule has 9 nitrogen and oxygen atoms in total. The number of anilines is 1. The van der Waals surface area contributed by atoms with Crippen molar-refractivity contribution in [3.63, 3.8) is 0 Å². The molecule has 0 bridgehead atoms. The molecule has 1 aromatic heterocycles. The van der Waals surface area contributed by atoms with Gasteiger partial charge in [0, 0.05) is 26.6 Å². The molecule has 1 saturated carbocycles.